The largest absolute Gasteiger partial charge is 0.380 e. The fraction of sp³-hybridized carbons (Fsp3) is 0.538. The van der Waals surface area contributed by atoms with E-state index in [4.69, 9.17) is 4.74 Å². The Hall–Kier alpha value is -0.950. The van der Waals surface area contributed by atoms with Gasteiger partial charge in [-0.1, -0.05) is 6.07 Å². The Bertz CT molecular complexity index is 580. The molecule has 2 aliphatic heterocycles. The molecule has 0 aromatic heterocycles. The highest BCUT2D eigenvalue weighted by atomic mass is 32.2. The van der Waals surface area contributed by atoms with E-state index >= 15 is 0 Å². The van der Waals surface area contributed by atoms with Gasteiger partial charge in [-0.3, -0.25) is 0 Å². The third-order valence-corrected chi connectivity index (χ3v) is 5.81. The van der Waals surface area contributed by atoms with Crippen LogP contribution in [0.1, 0.15) is 17.5 Å². The van der Waals surface area contributed by atoms with Gasteiger partial charge in [0.05, 0.1) is 17.5 Å². The molecule has 0 radical (unpaired) electrons. The van der Waals surface area contributed by atoms with Crippen molar-refractivity contribution < 1.29 is 13.2 Å². The molecule has 2 heterocycles. The van der Waals surface area contributed by atoms with E-state index in [1.54, 1.807) is 19.2 Å². The van der Waals surface area contributed by atoms with Crippen LogP contribution >= 0.6 is 0 Å². The lowest BCUT2D eigenvalue weighted by molar-refractivity contribution is 0.181. The number of likely N-dealkylation sites (N-methyl/N-ethyl adjacent to an activating group) is 1. The van der Waals surface area contributed by atoms with Crippen molar-refractivity contribution in [1.82, 2.24) is 9.62 Å². The minimum Gasteiger partial charge on any atom is -0.380 e. The van der Waals surface area contributed by atoms with Gasteiger partial charge in [0.25, 0.3) is 0 Å². The standard InChI is InChI=1S/C13H18N2O3S/c1-15(12-4-5-18-9-12)19(16,17)13-3-2-10-7-14-8-11(10)6-13/h2-3,6,12,14H,4-5,7-9H2,1H3. The molecule has 0 spiro atoms. The Balaban J connectivity index is 1.91. The molecule has 0 saturated carbocycles. The molecule has 104 valence electrons. The van der Waals surface area contributed by atoms with Gasteiger partial charge in [0.1, 0.15) is 0 Å². The lowest BCUT2D eigenvalue weighted by Crippen LogP contribution is -2.37. The summed E-state index contributed by atoms with van der Waals surface area (Å²) >= 11 is 0. The highest BCUT2D eigenvalue weighted by molar-refractivity contribution is 7.89. The molecule has 0 bridgehead atoms. The fourth-order valence-electron chi connectivity index (χ4n) is 2.60. The zero-order valence-corrected chi connectivity index (χ0v) is 11.7. The number of nitrogens with one attached hydrogen (secondary N) is 1. The highest BCUT2D eigenvalue weighted by Gasteiger charge is 2.31. The second-order valence-electron chi connectivity index (χ2n) is 5.07. The number of fused-ring (bicyclic) bond motifs is 1. The first-order valence-electron chi connectivity index (χ1n) is 6.47. The van der Waals surface area contributed by atoms with Gasteiger partial charge >= 0.3 is 0 Å². The minimum absolute atomic E-state index is 0.0450. The fourth-order valence-corrected chi connectivity index (χ4v) is 4.03. The van der Waals surface area contributed by atoms with Crippen LogP contribution in [0.4, 0.5) is 0 Å². The van der Waals surface area contributed by atoms with Crippen molar-refractivity contribution in [2.45, 2.75) is 30.4 Å². The number of ether oxygens (including phenoxy) is 1. The van der Waals surface area contributed by atoms with Crippen molar-refractivity contribution in [3.05, 3.63) is 29.3 Å². The van der Waals surface area contributed by atoms with E-state index in [0.29, 0.717) is 18.1 Å². The second-order valence-corrected chi connectivity index (χ2v) is 7.07. The van der Waals surface area contributed by atoms with Gasteiger partial charge < -0.3 is 10.1 Å². The van der Waals surface area contributed by atoms with Gasteiger partial charge in [0.15, 0.2) is 0 Å². The Morgan fingerprint density at radius 3 is 2.84 bits per heavy atom. The Labute approximate surface area is 113 Å². The van der Waals surface area contributed by atoms with E-state index in [2.05, 4.69) is 5.32 Å². The second kappa shape index (κ2) is 4.86. The van der Waals surface area contributed by atoms with E-state index in [1.807, 2.05) is 6.07 Å². The Kier molecular flexibility index (Phi) is 3.34. The summed E-state index contributed by atoms with van der Waals surface area (Å²) in [5, 5.41) is 3.22. The summed E-state index contributed by atoms with van der Waals surface area (Å²) in [6, 6.07) is 5.35. The summed E-state index contributed by atoms with van der Waals surface area (Å²) in [4.78, 5) is 0.379. The molecule has 2 aliphatic rings. The molecule has 1 atom stereocenters. The van der Waals surface area contributed by atoms with Crippen molar-refractivity contribution in [1.29, 1.82) is 0 Å². The van der Waals surface area contributed by atoms with Crippen molar-refractivity contribution >= 4 is 10.0 Å². The third-order valence-electron chi connectivity index (χ3n) is 3.91. The van der Waals surface area contributed by atoms with Gasteiger partial charge in [0, 0.05) is 26.7 Å². The molecule has 1 unspecified atom stereocenters. The summed E-state index contributed by atoms with van der Waals surface area (Å²) < 4.78 is 31.9. The van der Waals surface area contributed by atoms with Crippen LogP contribution in [-0.2, 0) is 27.8 Å². The van der Waals surface area contributed by atoms with Crippen molar-refractivity contribution in [2.24, 2.45) is 0 Å². The number of benzene rings is 1. The normalized spacial score (nSPS) is 22.9. The van der Waals surface area contributed by atoms with Crippen molar-refractivity contribution in [3.63, 3.8) is 0 Å². The van der Waals surface area contributed by atoms with Crippen LogP contribution in [0.15, 0.2) is 23.1 Å². The molecular weight excluding hydrogens is 264 g/mol. The minimum atomic E-state index is -3.42. The quantitative estimate of drug-likeness (QED) is 0.886. The predicted octanol–water partition coefficient (Wildman–Crippen LogP) is 0.699. The summed E-state index contributed by atoms with van der Waals surface area (Å²) in [5.41, 5.74) is 2.27. The number of sulfonamides is 1. The molecular formula is C13H18N2O3S. The third kappa shape index (κ3) is 2.29. The van der Waals surface area contributed by atoms with E-state index in [1.165, 1.54) is 9.87 Å². The SMILES string of the molecule is CN(C1CCOC1)S(=O)(=O)c1ccc2c(c1)CNC2. The predicted molar refractivity (Wildman–Crippen MR) is 71.2 cm³/mol. The number of hydrogen-bond donors (Lipinski definition) is 1. The van der Waals surface area contributed by atoms with Crippen LogP contribution in [0.3, 0.4) is 0 Å². The molecule has 3 rings (SSSR count). The molecule has 1 fully saturated rings. The number of rotatable bonds is 3. The first-order valence-corrected chi connectivity index (χ1v) is 7.91. The molecule has 1 aromatic carbocycles. The van der Waals surface area contributed by atoms with E-state index in [9.17, 15) is 8.42 Å². The Morgan fingerprint density at radius 2 is 2.11 bits per heavy atom. The molecule has 1 N–H and O–H groups in total. The smallest absolute Gasteiger partial charge is 0.243 e. The highest BCUT2D eigenvalue weighted by Crippen LogP contribution is 2.24. The van der Waals surface area contributed by atoms with Crippen LogP contribution in [-0.4, -0.2) is 39.0 Å². The molecule has 0 aliphatic carbocycles. The monoisotopic (exact) mass is 282 g/mol. The average molecular weight is 282 g/mol. The summed E-state index contributed by atoms with van der Waals surface area (Å²) in [7, 11) is -1.78. The first kappa shape index (κ1) is 13.1. The molecule has 0 amide bonds. The van der Waals surface area contributed by atoms with Crippen LogP contribution in [0, 0.1) is 0 Å². The molecule has 1 aromatic rings. The van der Waals surface area contributed by atoms with Gasteiger partial charge in [0.2, 0.25) is 10.0 Å². The van der Waals surface area contributed by atoms with Crippen molar-refractivity contribution in [2.75, 3.05) is 20.3 Å². The van der Waals surface area contributed by atoms with Crippen LogP contribution in [0.5, 0.6) is 0 Å². The van der Waals surface area contributed by atoms with E-state index in [0.717, 1.165) is 25.1 Å². The van der Waals surface area contributed by atoms with Crippen molar-refractivity contribution in [3.8, 4) is 0 Å². The summed E-state index contributed by atoms with van der Waals surface area (Å²) in [6.07, 6.45) is 0.766. The van der Waals surface area contributed by atoms with E-state index in [-0.39, 0.29) is 6.04 Å². The molecule has 1 saturated heterocycles. The van der Waals surface area contributed by atoms with Crippen LogP contribution in [0.25, 0.3) is 0 Å². The van der Waals surface area contributed by atoms with Gasteiger partial charge in [-0.25, -0.2) is 8.42 Å². The maximum atomic E-state index is 12.6. The van der Waals surface area contributed by atoms with Crippen LogP contribution < -0.4 is 5.32 Å². The maximum absolute atomic E-state index is 12.6. The van der Waals surface area contributed by atoms with Gasteiger partial charge in [-0.2, -0.15) is 4.31 Å². The maximum Gasteiger partial charge on any atom is 0.243 e. The number of hydrogen-bond acceptors (Lipinski definition) is 4. The van der Waals surface area contributed by atoms with E-state index < -0.39 is 10.0 Å². The topological polar surface area (TPSA) is 58.6 Å². The average Bonchev–Trinajstić information content (AvgIpc) is 3.07. The molecule has 6 heteroatoms. The number of nitrogens with zero attached hydrogens (tertiary/aromatic N) is 1. The zero-order valence-electron chi connectivity index (χ0n) is 10.9. The van der Waals surface area contributed by atoms with Gasteiger partial charge in [-0.05, 0) is 29.7 Å². The Morgan fingerprint density at radius 1 is 1.32 bits per heavy atom. The van der Waals surface area contributed by atoms with Crippen LogP contribution in [0.2, 0.25) is 0 Å². The summed E-state index contributed by atoms with van der Waals surface area (Å²) in [6.45, 7) is 2.69. The lowest BCUT2D eigenvalue weighted by atomic mass is 10.1. The molecule has 19 heavy (non-hydrogen) atoms. The zero-order chi connectivity index (χ0) is 13.5. The lowest BCUT2D eigenvalue weighted by Gasteiger charge is -2.22. The first-order chi connectivity index (χ1) is 9.09. The summed E-state index contributed by atoms with van der Waals surface area (Å²) in [5.74, 6) is 0. The molecule has 5 nitrogen and oxygen atoms in total. The van der Waals surface area contributed by atoms with Gasteiger partial charge in [-0.15, -0.1) is 0 Å².